The lowest BCUT2D eigenvalue weighted by Gasteiger charge is -2.35. The number of aromatic nitrogens is 2. The van der Waals surface area contributed by atoms with Crippen LogP contribution in [0.15, 0.2) is 17.4 Å². The van der Waals surface area contributed by atoms with Crippen molar-refractivity contribution in [2.75, 3.05) is 39.4 Å². The number of halogens is 2. The van der Waals surface area contributed by atoms with Gasteiger partial charge < -0.3 is 15.4 Å². The van der Waals surface area contributed by atoms with Crippen molar-refractivity contribution in [2.45, 2.75) is 46.3 Å². The van der Waals surface area contributed by atoms with Crippen LogP contribution in [0.1, 0.15) is 39.6 Å². The summed E-state index contributed by atoms with van der Waals surface area (Å²) in [5, 5.41) is 6.54. The fourth-order valence-electron chi connectivity index (χ4n) is 3.20. The number of imidazole rings is 1. The summed E-state index contributed by atoms with van der Waals surface area (Å²) in [5.74, 6) is 1.44. The summed E-state index contributed by atoms with van der Waals surface area (Å²) in [6.45, 7) is 8.73. The highest BCUT2D eigenvalue weighted by Crippen LogP contribution is 2.14. The second kappa shape index (κ2) is 11.2. The van der Waals surface area contributed by atoms with E-state index >= 15 is 0 Å². The number of alkyl halides is 2. The topological polar surface area (TPSA) is 66.7 Å². The number of ether oxygens (including phenoxy) is 1. The zero-order valence-corrected chi connectivity index (χ0v) is 16.5. The number of rotatable bonds is 9. The largest absolute Gasteiger partial charge is 0.379 e. The van der Waals surface area contributed by atoms with Crippen LogP contribution < -0.4 is 10.6 Å². The SMILES string of the molecule is CCNC(=NCc1nccn1C(F)F)NCC(CC(C)C)N1CCOCC1. The van der Waals surface area contributed by atoms with E-state index in [9.17, 15) is 8.78 Å². The minimum atomic E-state index is -2.61. The zero-order chi connectivity index (χ0) is 19.6. The van der Waals surface area contributed by atoms with E-state index < -0.39 is 6.55 Å². The Balaban J connectivity index is 1.98. The first-order chi connectivity index (χ1) is 13.0. The molecule has 0 amide bonds. The van der Waals surface area contributed by atoms with E-state index in [2.05, 4.69) is 39.4 Å². The van der Waals surface area contributed by atoms with E-state index in [0.717, 1.165) is 43.8 Å². The Morgan fingerprint density at radius 1 is 1.30 bits per heavy atom. The number of nitrogens with one attached hydrogen (secondary N) is 2. The minimum absolute atomic E-state index is 0.0963. The third-order valence-electron chi connectivity index (χ3n) is 4.49. The van der Waals surface area contributed by atoms with Gasteiger partial charge in [0, 0.05) is 44.6 Å². The molecule has 1 aromatic rings. The average Bonchev–Trinajstić information content (AvgIpc) is 3.12. The Bertz CT molecular complexity index is 572. The van der Waals surface area contributed by atoms with Crippen molar-refractivity contribution in [1.29, 1.82) is 0 Å². The van der Waals surface area contributed by atoms with Crippen molar-refractivity contribution >= 4 is 5.96 Å². The molecule has 7 nitrogen and oxygen atoms in total. The quantitative estimate of drug-likeness (QED) is 0.502. The second-order valence-electron chi connectivity index (χ2n) is 7.04. The number of hydrogen-bond acceptors (Lipinski definition) is 4. The molecule has 2 heterocycles. The molecule has 0 saturated carbocycles. The van der Waals surface area contributed by atoms with Crippen LogP contribution in [0.5, 0.6) is 0 Å². The van der Waals surface area contributed by atoms with Crippen molar-refractivity contribution < 1.29 is 13.5 Å². The maximum Gasteiger partial charge on any atom is 0.319 e. The van der Waals surface area contributed by atoms with Gasteiger partial charge in [-0.25, -0.2) is 9.98 Å². The molecule has 2 rings (SSSR count). The summed E-state index contributed by atoms with van der Waals surface area (Å²) in [6, 6.07) is 0.376. The summed E-state index contributed by atoms with van der Waals surface area (Å²) in [5.41, 5.74) is 0. The minimum Gasteiger partial charge on any atom is -0.379 e. The normalized spacial score (nSPS) is 17.5. The summed E-state index contributed by atoms with van der Waals surface area (Å²) in [4.78, 5) is 10.9. The van der Waals surface area contributed by atoms with Gasteiger partial charge >= 0.3 is 6.55 Å². The Labute approximate surface area is 160 Å². The molecular weight excluding hydrogens is 354 g/mol. The van der Waals surface area contributed by atoms with Crippen LogP contribution in [0.3, 0.4) is 0 Å². The van der Waals surface area contributed by atoms with Gasteiger partial charge in [-0.05, 0) is 19.3 Å². The fourth-order valence-corrected chi connectivity index (χ4v) is 3.20. The number of aliphatic imine (C=N–C) groups is 1. The molecule has 1 fully saturated rings. The van der Waals surface area contributed by atoms with Crippen molar-refractivity contribution in [2.24, 2.45) is 10.9 Å². The molecule has 154 valence electrons. The van der Waals surface area contributed by atoms with Gasteiger partial charge in [0.25, 0.3) is 0 Å². The molecule has 1 unspecified atom stereocenters. The predicted molar refractivity (Wildman–Crippen MR) is 102 cm³/mol. The van der Waals surface area contributed by atoms with Crippen LogP contribution >= 0.6 is 0 Å². The van der Waals surface area contributed by atoms with Gasteiger partial charge in [0.05, 0.1) is 13.2 Å². The number of nitrogens with zero attached hydrogens (tertiary/aromatic N) is 4. The lowest BCUT2D eigenvalue weighted by molar-refractivity contribution is 0.0132. The maximum absolute atomic E-state index is 12.9. The molecular formula is C18H32F2N6O. The van der Waals surface area contributed by atoms with Gasteiger partial charge in [-0.3, -0.25) is 9.47 Å². The molecule has 1 aliphatic heterocycles. The van der Waals surface area contributed by atoms with E-state index in [0.29, 0.717) is 24.5 Å². The van der Waals surface area contributed by atoms with Crippen LogP contribution in [0.2, 0.25) is 0 Å². The molecule has 0 radical (unpaired) electrons. The Hall–Kier alpha value is -1.74. The van der Waals surface area contributed by atoms with E-state index in [-0.39, 0.29) is 12.4 Å². The molecule has 1 aromatic heterocycles. The average molecular weight is 386 g/mol. The molecule has 1 saturated heterocycles. The first-order valence-electron chi connectivity index (χ1n) is 9.65. The van der Waals surface area contributed by atoms with Gasteiger partial charge in [0.2, 0.25) is 0 Å². The monoisotopic (exact) mass is 386 g/mol. The van der Waals surface area contributed by atoms with Crippen LogP contribution in [0, 0.1) is 5.92 Å². The second-order valence-corrected chi connectivity index (χ2v) is 7.04. The zero-order valence-electron chi connectivity index (χ0n) is 16.5. The lowest BCUT2D eigenvalue weighted by atomic mass is 10.0. The van der Waals surface area contributed by atoms with Crippen molar-refractivity contribution in [1.82, 2.24) is 25.1 Å². The highest BCUT2D eigenvalue weighted by molar-refractivity contribution is 5.79. The number of morpholine rings is 1. The molecule has 9 heteroatoms. The summed E-state index contributed by atoms with van der Waals surface area (Å²) in [6.07, 6.45) is 3.71. The lowest BCUT2D eigenvalue weighted by Crippen LogP contribution is -2.51. The molecule has 0 aromatic carbocycles. The van der Waals surface area contributed by atoms with Crippen molar-refractivity contribution in [3.63, 3.8) is 0 Å². The van der Waals surface area contributed by atoms with Crippen molar-refractivity contribution in [3.8, 4) is 0 Å². The Morgan fingerprint density at radius 3 is 2.67 bits per heavy atom. The van der Waals surface area contributed by atoms with E-state index in [4.69, 9.17) is 4.74 Å². The van der Waals surface area contributed by atoms with E-state index in [1.165, 1.54) is 12.4 Å². The first-order valence-corrected chi connectivity index (χ1v) is 9.65. The van der Waals surface area contributed by atoms with Gasteiger partial charge in [0.1, 0.15) is 12.4 Å². The standard InChI is InChI=1S/C18H32F2N6O/c1-4-21-18(24-13-16-22-5-6-26(16)17(19)20)23-12-15(11-14(2)3)25-7-9-27-10-8-25/h5-6,14-15,17H,4,7-13H2,1-3H3,(H2,21,23,24). The van der Waals surface area contributed by atoms with Crippen LogP contribution in [0.4, 0.5) is 8.78 Å². The smallest absolute Gasteiger partial charge is 0.319 e. The third-order valence-corrected chi connectivity index (χ3v) is 4.49. The summed E-state index contributed by atoms with van der Waals surface area (Å²) >= 11 is 0. The number of guanidine groups is 1. The molecule has 1 aliphatic rings. The predicted octanol–water partition coefficient (Wildman–Crippen LogP) is 2.08. The fraction of sp³-hybridized carbons (Fsp3) is 0.778. The maximum atomic E-state index is 12.9. The molecule has 2 N–H and O–H groups in total. The third kappa shape index (κ3) is 7.06. The molecule has 0 aliphatic carbocycles. The van der Waals surface area contributed by atoms with Gasteiger partial charge in [-0.1, -0.05) is 13.8 Å². The molecule has 0 spiro atoms. The van der Waals surface area contributed by atoms with E-state index in [1.54, 1.807) is 0 Å². The Kier molecular flexibility index (Phi) is 8.93. The summed E-state index contributed by atoms with van der Waals surface area (Å²) in [7, 11) is 0. The van der Waals surface area contributed by atoms with E-state index in [1.807, 2.05) is 6.92 Å². The first kappa shape index (κ1) is 21.6. The van der Waals surface area contributed by atoms with Gasteiger partial charge in [-0.2, -0.15) is 8.78 Å². The number of hydrogen-bond donors (Lipinski definition) is 2. The van der Waals surface area contributed by atoms with Crippen LogP contribution in [-0.2, 0) is 11.3 Å². The van der Waals surface area contributed by atoms with Crippen LogP contribution in [-0.4, -0.2) is 65.8 Å². The molecule has 1 atom stereocenters. The van der Waals surface area contributed by atoms with Gasteiger partial charge in [0.15, 0.2) is 5.96 Å². The highest BCUT2D eigenvalue weighted by Gasteiger charge is 2.22. The van der Waals surface area contributed by atoms with Crippen molar-refractivity contribution in [3.05, 3.63) is 18.2 Å². The van der Waals surface area contributed by atoms with Gasteiger partial charge in [-0.15, -0.1) is 0 Å². The highest BCUT2D eigenvalue weighted by atomic mass is 19.3. The van der Waals surface area contributed by atoms with Crippen LogP contribution in [0.25, 0.3) is 0 Å². The summed E-state index contributed by atoms with van der Waals surface area (Å²) < 4.78 is 32.2. The molecule has 0 bridgehead atoms. The Morgan fingerprint density at radius 2 is 2.04 bits per heavy atom. The molecule has 27 heavy (non-hydrogen) atoms.